The van der Waals surface area contributed by atoms with E-state index >= 15 is 0 Å². The molecule has 0 heterocycles. The molecule has 0 radical (unpaired) electrons. The van der Waals surface area contributed by atoms with E-state index < -0.39 is 0 Å². The van der Waals surface area contributed by atoms with Gasteiger partial charge in [-0.3, -0.25) is 14.4 Å². The smallest absolute Gasteiger partial charge is 0.163 e. The van der Waals surface area contributed by atoms with Crippen molar-refractivity contribution < 1.29 is 14.4 Å². The molecule has 0 amide bonds. The molecule has 0 aliphatic heterocycles. The molecule has 0 bridgehead atoms. The van der Waals surface area contributed by atoms with E-state index in [1.165, 1.54) is 52.3 Å². The molecule has 49 heavy (non-hydrogen) atoms. The van der Waals surface area contributed by atoms with E-state index in [9.17, 15) is 14.4 Å². The molecule has 1 aliphatic rings. The summed E-state index contributed by atoms with van der Waals surface area (Å²) in [6, 6.07) is 19.5. The van der Waals surface area contributed by atoms with Gasteiger partial charge in [0.15, 0.2) is 5.78 Å². The van der Waals surface area contributed by atoms with Crippen LogP contribution in [0.3, 0.4) is 0 Å². The molecule has 0 N–H and O–H groups in total. The Bertz CT molecular complexity index is 1380. The zero-order valence-corrected chi connectivity index (χ0v) is 33.2. The summed E-state index contributed by atoms with van der Waals surface area (Å²) in [5.41, 5.74) is 11.2. The summed E-state index contributed by atoms with van der Waals surface area (Å²) in [5, 5.41) is 0. The maximum absolute atomic E-state index is 13.0. The second kappa shape index (κ2) is 23.1. The van der Waals surface area contributed by atoms with Crippen LogP contribution >= 0.6 is 0 Å². The highest BCUT2D eigenvalue weighted by atomic mass is 16.1. The Labute approximate surface area is 300 Å². The molecule has 3 unspecified atom stereocenters. The van der Waals surface area contributed by atoms with Crippen molar-refractivity contribution in [2.75, 3.05) is 0 Å². The van der Waals surface area contributed by atoms with Crippen molar-refractivity contribution in [2.45, 2.75) is 147 Å². The van der Waals surface area contributed by atoms with Crippen LogP contribution < -0.4 is 0 Å². The summed E-state index contributed by atoms with van der Waals surface area (Å²) in [6.07, 6.45) is 8.73. The van der Waals surface area contributed by atoms with E-state index in [4.69, 9.17) is 0 Å². The Balaban J connectivity index is 0.000000459. The lowest BCUT2D eigenvalue weighted by molar-refractivity contribution is -0.129. The number of fused-ring (bicyclic) bond motifs is 1. The molecule has 1 aliphatic carbocycles. The summed E-state index contributed by atoms with van der Waals surface area (Å²) in [6.45, 7) is 24.7. The van der Waals surface area contributed by atoms with Gasteiger partial charge >= 0.3 is 0 Å². The lowest BCUT2D eigenvalue weighted by Crippen LogP contribution is -2.30. The average Bonchev–Trinajstić information content (AvgIpc) is 3.05. The van der Waals surface area contributed by atoms with Crippen molar-refractivity contribution >= 4 is 17.3 Å². The van der Waals surface area contributed by atoms with Crippen molar-refractivity contribution in [1.82, 2.24) is 0 Å². The third-order valence-electron chi connectivity index (χ3n) is 9.62. The molecule has 0 saturated carbocycles. The van der Waals surface area contributed by atoms with Crippen LogP contribution in [0.15, 0.2) is 54.6 Å². The summed E-state index contributed by atoms with van der Waals surface area (Å²) in [5.74, 6) is 0.764. The maximum Gasteiger partial charge on any atom is 0.163 e. The van der Waals surface area contributed by atoms with Crippen LogP contribution in [-0.4, -0.2) is 17.3 Å². The SMILES string of the molecule is CCC.CCCC(CC1CC(=O)c2c(C)c(C)cc(C)c2C1)C(CC)C(=O)CC(C)=O.CCc1ccc(C)cc1.CCc1ccc(C)cc1. The molecule has 3 aromatic rings. The molecule has 0 spiro atoms. The number of rotatable bonds is 11. The Morgan fingerprint density at radius 2 is 1.22 bits per heavy atom. The summed E-state index contributed by atoms with van der Waals surface area (Å²) in [7, 11) is 0. The van der Waals surface area contributed by atoms with Crippen LogP contribution in [-0.2, 0) is 28.9 Å². The fourth-order valence-electron chi connectivity index (χ4n) is 6.80. The van der Waals surface area contributed by atoms with E-state index in [-0.39, 0.29) is 41.5 Å². The molecule has 3 nitrogen and oxygen atoms in total. The summed E-state index contributed by atoms with van der Waals surface area (Å²) >= 11 is 0. The highest BCUT2D eigenvalue weighted by Crippen LogP contribution is 2.38. The topological polar surface area (TPSA) is 51.2 Å². The van der Waals surface area contributed by atoms with E-state index in [0.29, 0.717) is 6.42 Å². The molecule has 3 aromatic carbocycles. The Hall–Kier alpha value is -3.33. The number of hydrogen-bond acceptors (Lipinski definition) is 3. The molecular formula is C46H68O3. The molecule has 270 valence electrons. The maximum atomic E-state index is 13.0. The number of carbonyl (C=O) groups is 3. The molecule has 4 rings (SSSR count). The Kier molecular flexibility index (Phi) is 20.6. The van der Waals surface area contributed by atoms with Gasteiger partial charge < -0.3 is 0 Å². The highest BCUT2D eigenvalue weighted by Gasteiger charge is 2.33. The van der Waals surface area contributed by atoms with Gasteiger partial charge in [0.1, 0.15) is 11.6 Å². The van der Waals surface area contributed by atoms with Gasteiger partial charge in [-0.05, 0) is 119 Å². The molecule has 0 fully saturated rings. The fraction of sp³-hybridized carbons (Fsp3) is 0.543. The van der Waals surface area contributed by atoms with Gasteiger partial charge in [-0.15, -0.1) is 0 Å². The normalized spacial score (nSPS) is 14.4. The first-order valence-electron chi connectivity index (χ1n) is 19.0. The number of carbonyl (C=O) groups excluding carboxylic acids is 3. The van der Waals surface area contributed by atoms with E-state index in [1.807, 2.05) is 6.92 Å². The van der Waals surface area contributed by atoms with Crippen LogP contribution in [0.4, 0.5) is 0 Å². The summed E-state index contributed by atoms with van der Waals surface area (Å²) < 4.78 is 0. The Morgan fingerprint density at radius 1 is 0.735 bits per heavy atom. The summed E-state index contributed by atoms with van der Waals surface area (Å²) in [4.78, 5) is 37.1. The largest absolute Gasteiger partial charge is 0.300 e. The van der Waals surface area contributed by atoms with Crippen LogP contribution in [0.25, 0.3) is 0 Å². The third-order valence-corrected chi connectivity index (χ3v) is 9.62. The van der Waals surface area contributed by atoms with Crippen LogP contribution in [0, 0.1) is 52.4 Å². The van der Waals surface area contributed by atoms with Gasteiger partial charge in [-0.25, -0.2) is 0 Å². The predicted molar refractivity (Wildman–Crippen MR) is 211 cm³/mol. The van der Waals surface area contributed by atoms with Gasteiger partial charge in [0.2, 0.25) is 0 Å². The second-order valence-electron chi connectivity index (χ2n) is 14.2. The van der Waals surface area contributed by atoms with Gasteiger partial charge in [0.25, 0.3) is 0 Å². The van der Waals surface area contributed by atoms with Gasteiger partial charge in [-0.2, -0.15) is 0 Å². The predicted octanol–water partition coefficient (Wildman–Crippen LogP) is 12.3. The van der Waals surface area contributed by atoms with Gasteiger partial charge in [0, 0.05) is 17.9 Å². The van der Waals surface area contributed by atoms with Crippen molar-refractivity contribution in [3.05, 3.63) is 105 Å². The minimum atomic E-state index is -0.0683. The van der Waals surface area contributed by atoms with Gasteiger partial charge in [-0.1, -0.05) is 127 Å². The second-order valence-corrected chi connectivity index (χ2v) is 14.2. The Morgan fingerprint density at radius 3 is 1.63 bits per heavy atom. The first-order valence-corrected chi connectivity index (χ1v) is 19.0. The monoisotopic (exact) mass is 669 g/mol. The van der Waals surface area contributed by atoms with Crippen LogP contribution in [0.2, 0.25) is 0 Å². The van der Waals surface area contributed by atoms with Crippen LogP contribution in [0.5, 0.6) is 0 Å². The minimum absolute atomic E-state index is 0.0444. The molecular weight excluding hydrogens is 601 g/mol. The molecule has 0 saturated heterocycles. The number of Topliss-reactive ketones (excluding diaryl/α,β-unsaturated/α-hetero) is 3. The average molecular weight is 669 g/mol. The first-order chi connectivity index (χ1) is 23.3. The van der Waals surface area contributed by atoms with E-state index in [1.54, 1.807) is 0 Å². The van der Waals surface area contributed by atoms with Crippen molar-refractivity contribution in [2.24, 2.45) is 17.8 Å². The standard InChI is InChI=1S/C25H36O3.2C9H12.C3H8/c1-7-9-20(21(8-2)23(27)11-17(5)26)12-19-13-22-16(4)10-15(3)18(6)25(22)24(28)14-19;2*1-3-9-6-4-8(2)5-7-9;1-3-2/h10,19-21H,7-9,11-14H2,1-6H3;2*4-7H,3H2,1-2H3;3H2,1-2H3. The van der Waals surface area contributed by atoms with Crippen molar-refractivity contribution in [1.29, 1.82) is 0 Å². The zero-order chi connectivity index (χ0) is 37.1. The highest BCUT2D eigenvalue weighted by molar-refractivity contribution is 6.01. The quantitative estimate of drug-likeness (QED) is 0.191. The fourth-order valence-corrected chi connectivity index (χ4v) is 6.80. The third kappa shape index (κ3) is 15.0. The number of benzene rings is 3. The molecule has 3 atom stereocenters. The van der Waals surface area contributed by atoms with Crippen molar-refractivity contribution in [3.63, 3.8) is 0 Å². The molecule has 0 aromatic heterocycles. The van der Waals surface area contributed by atoms with Crippen LogP contribution in [0.1, 0.15) is 148 Å². The van der Waals surface area contributed by atoms with E-state index in [2.05, 4.69) is 124 Å². The minimum Gasteiger partial charge on any atom is -0.300 e. The van der Waals surface area contributed by atoms with Crippen molar-refractivity contribution in [3.8, 4) is 0 Å². The van der Waals surface area contributed by atoms with E-state index in [0.717, 1.165) is 56.1 Å². The number of hydrogen-bond donors (Lipinski definition) is 0. The number of aryl methyl sites for hydroxylation is 6. The van der Waals surface area contributed by atoms with Gasteiger partial charge in [0.05, 0.1) is 6.42 Å². The zero-order valence-electron chi connectivity index (χ0n) is 33.2. The lowest BCUT2D eigenvalue weighted by Gasteiger charge is -2.32. The molecule has 3 heteroatoms. The number of ketones is 3. The first kappa shape index (κ1) is 43.7. The lowest BCUT2D eigenvalue weighted by atomic mass is 9.71.